The van der Waals surface area contributed by atoms with Gasteiger partial charge >= 0.3 is 0 Å². The first-order valence-electron chi connectivity index (χ1n) is 9.99. The molecule has 7 nitrogen and oxygen atoms in total. The molecule has 1 unspecified atom stereocenters. The molecule has 1 amide bonds. The summed E-state index contributed by atoms with van der Waals surface area (Å²) >= 11 is 0. The van der Waals surface area contributed by atoms with E-state index in [1.54, 1.807) is 24.2 Å². The predicted molar refractivity (Wildman–Crippen MR) is 124 cm³/mol. The number of amides is 1. The fourth-order valence-corrected chi connectivity index (χ4v) is 4.31. The van der Waals surface area contributed by atoms with Gasteiger partial charge in [0, 0.05) is 53.0 Å². The van der Waals surface area contributed by atoms with Crippen molar-refractivity contribution in [2.45, 2.75) is 38.1 Å². The molecule has 1 aromatic heterocycles. The number of carbonyl (C=O) groups excluding carboxylic acids is 1. The van der Waals surface area contributed by atoms with Crippen LogP contribution < -0.4 is 15.5 Å². The van der Waals surface area contributed by atoms with E-state index in [9.17, 15) is 9.18 Å². The molecule has 9 heteroatoms. The van der Waals surface area contributed by atoms with E-state index in [4.69, 9.17) is 0 Å². The first-order chi connectivity index (χ1) is 13.4. The fraction of sp³-hybridized carbons (Fsp3) is 0.650. The Labute approximate surface area is 189 Å². The second kappa shape index (κ2) is 10.4. The molecular weight excluding hydrogens is 486 g/mol. The second-order valence-electron chi connectivity index (χ2n) is 8.00. The highest BCUT2D eigenvalue weighted by Crippen LogP contribution is 2.38. The van der Waals surface area contributed by atoms with E-state index in [1.807, 2.05) is 19.0 Å². The summed E-state index contributed by atoms with van der Waals surface area (Å²) < 4.78 is 14.0. The number of pyridine rings is 1. The molecule has 1 aliphatic heterocycles. The Kier molecular flexibility index (Phi) is 8.47. The van der Waals surface area contributed by atoms with E-state index in [2.05, 4.69) is 20.6 Å². The topological polar surface area (TPSA) is 72.9 Å². The molecule has 162 valence electrons. The number of guanidine groups is 1. The molecule has 2 aliphatic rings. The van der Waals surface area contributed by atoms with E-state index >= 15 is 0 Å². The highest BCUT2D eigenvalue weighted by atomic mass is 127. The van der Waals surface area contributed by atoms with Crippen molar-refractivity contribution in [3.05, 3.63) is 24.1 Å². The van der Waals surface area contributed by atoms with Gasteiger partial charge < -0.3 is 20.4 Å². The van der Waals surface area contributed by atoms with Gasteiger partial charge in [0.2, 0.25) is 5.91 Å². The number of nitrogens with zero attached hydrogens (tertiary/aromatic N) is 4. The van der Waals surface area contributed by atoms with E-state index in [1.165, 1.54) is 6.07 Å². The zero-order valence-electron chi connectivity index (χ0n) is 17.4. The third-order valence-corrected chi connectivity index (χ3v) is 5.81. The van der Waals surface area contributed by atoms with Gasteiger partial charge in [-0.05, 0) is 31.4 Å². The Balaban J connectivity index is 0.00000300. The quantitative estimate of drug-likeness (QED) is 0.356. The summed E-state index contributed by atoms with van der Waals surface area (Å²) in [6, 6.07) is 3.19. The van der Waals surface area contributed by atoms with Crippen LogP contribution in [0.5, 0.6) is 0 Å². The van der Waals surface area contributed by atoms with Crippen LogP contribution in [-0.4, -0.2) is 68.6 Å². The first-order valence-corrected chi connectivity index (χ1v) is 9.99. The number of halogens is 2. The first kappa shape index (κ1) is 23.6. The van der Waals surface area contributed by atoms with Crippen LogP contribution in [-0.2, 0) is 4.79 Å². The molecule has 3 rings (SSSR count). The Morgan fingerprint density at radius 1 is 1.41 bits per heavy atom. The SMILES string of the molecule is CN=C(NCC1(C(=O)N(C)C)CCCC1)NC1CCN(c2ncccc2F)C1.I. The minimum atomic E-state index is -0.347. The lowest BCUT2D eigenvalue weighted by molar-refractivity contribution is -0.138. The molecule has 1 saturated carbocycles. The van der Waals surface area contributed by atoms with Gasteiger partial charge in [-0.3, -0.25) is 9.79 Å². The number of anilines is 1. The Morgan fingerprint density at radius 3 is 2.76 bits per heavy atom. The molecule has 1 aliphatic carbocycles. The van der Waals surface area contributed by atoms with E-state index in [-0.39, 0.29) is 47.2 Å². The minimum Gasteiger partial charge on any atom is -0.355 e. The van der Waals surface area contributed by atoms with Gasteiger partial charge in [0.05, 0.1) is 5.41 Å². The van der Waals surface area contributed by atoms with Crippen LogP contribution in [0.15, 0.2) is 23.3 Å². The molecule has 1 saturated heterocycles. The van der Waals surface area contributed by atoms with Gasteiger partial charge in [-0.15, -0.1) is 24.0 Å². The lowest BCUT2D eigenvalue weighted by atomic mass is 9.84. The van der Waals surface area contributed by atoms with Crippen molar-refractivity contribution in [1.82, 2.24) is 20.5 Å². The zero-order chi connectivity index (χ0) is 20.1. The number of aromatic nitrogens is 1. The molecular formula is C20H32FIN6O. The standard InChI is InChI=1S/C20H31FN6O.HI/c1-22-19(24-14-20(9-4-5-10-20)18(28)26(2)3)25-15-8-12-27(13-15)17-16(21)7-6-11-23-17;/h6-7,11,15H,4-5,8-10,12-14H2,1-3H3,(H2,22,24,25);1H. The number of hydrogen-bond acceptors (Lipinski definition) is 4. The summed E-state index contributed by atoms with van der Waals surface area (Å²) in [7, 11) is 5.37. The number of rotatable bonds is 5. The average molecular weight is 518 g/mol. The van der Waals surface area contributed by atoms with Crippen LogP contribution in [0.1, 0.15) is 32.1 Å². The maximum absolute atomic E-state index is 14.0. The van der Waals surface area contributed by atoms with Gasteiger partial charge in [-0.1, -0.05) is 12.8 Å². The average Bonchev–Trinajstić information content (AvgIpc) is 3.35. The van der Waals surface area contributed by atoms with E-state index in [0.29, 0.717) is 24.9 Å². The Morgan fingerprint density at radius 2 is 2.14 bits per heavy atom. The van der Waals surface area contributed by atoms with Gasteiger partial charge in [-0.2, -0.15) is 0 Å². The molecule has 2 heterocycles. The van der Waals surface area contributed by atoms with Gasteiger partial charge in [0.1, 0.15) is 0 Å². The molecule has 29 heavy (non-hydrogen) atoms. The predicted octanol–water partition coefficient (Wildman–Crippen LogP) is 2.23. The summed E-state index contributed by atoms with van der Waals surface area (Å²) in [6.07, 6.45) is 6.47. The Hall–Kier alpha value is -1.65. The maximum Gasteiger partial charge on any atom is 0.230 e. The molecule has 2 fully saturated rings. The fourth-order valence-electron chi connectivity index (χ4n) is 4.31. The molecule has 2 N–H and O–H groups in total. The molecule has 0 radical (unpaired) electrons. The van der Waals surface area contributed by atoms with Crippen molar-refractivity contribution in [1.29, 1.82) is 0 Å². The maximum atomic E-state index is 14.0. The van der Waals surface area contributed by atoms with Crippen molar-refractivity contribution in [2.75, 3.05) is 45.7 Å². The number of hydrogen-bond donors (Lipinski definition) is 2. The molecule has 0 aromatic carbocycles. The molecule has 0 bridgehead atoms. The van der Waals surface area contributed by atoms with E-state index < -0.39 is 0 Å². The normalized spacial score (nSPS) is 20.9. The lowest BCUT2D eigenvalue weighted by Gasteiger charge is -2.31. The summed E-state index contributed by atoms with van der Waals surface area (Å²) in [5, 5.41) is 6.78. The van der Waals surface area contributed by atoms with Gasteiger partial charge in [0.15, 0.2) is 17.6 Å². The molecule has 1 atom stereocenters. The van der Waals surface area contributed by atoms with E-state index in [0.717, 1.165) is 38.6 Å². The third kappa shape index (κ3) is 5.49. The highest BCUT2D eigenvalue weighted by Gasteiger charge is 2.42. The van der Waals surface area contributed by atoms with Crippen LogP contribution in [0.4, 0.5) is 10.2 Å². The molecule has 1 aromatic rings. The molecule has 0 spiro atoms. The van der Waals surface area contributed by atoms with Crippen LogP contribution in [0.2, 0.25) is 0 Å². The van der Waals surface area contributed by atoms with Crippen molar-refractivity contribution >= 4 is 41.7 Å². The number of carbonyl (C=O) groups is 1. The summed E-state index contributed by atoms with van der Waals surface area (Å²) in [5.41, 5.74) is -0.347. The smallest absolute Gasteiger partial charge is 0.230 e. The van der Waals surface area contributed by atoms with Gasteiger partial charge in [-0.25, -0.2) is 9.37 Å². The monoisotopic (exact) mass is 518 g/mol. The second-order valence-corrected chi connectivity index (χ2v) is 8.00. The minimum absolute atomic E-state index is 0. The number of nitrogens with one attached hydrogen (secondary N) is 2. The highest BCUT2D eigenvalue weighted by molar-refractivity contribution is 14.0. The Bertz CT molecular complexity index is 723. The third-order valence-electron chi connectivity index (χ3n) is 5.81. The van der Waals surface area contributed by atoms with Crippen LogP contribution >= 0.6 is 24.0 Å². The summed E-state index contributed by atoms with van der Waals surface area (Å²) in [6.45, 7) is 1.98. The largest absolute Gasteiger partial charge is 0.355 e. The lowest BCUT2D eigenvalue weighted by Crippen LogP contribution is -2.51. The zero-order valence-corrected chi connectivity index (χ0v) is 19.8. The van der Waals surface area contributed by atoms with Crippen LogP contribution in [0, 0.1) is 11.2 Å². The van der Waals surface area contributed by atoms with Crippen molar-refractivity contribution in [2.24, 2.45) is 10.4 Å². The number of aliphatic imine (C=N–C) groups is 1. The van der Waals surface area contributed by atoms with Crippen molar-refractivity contribution < 1.29 is 9.18 Å². The van der Waals surface area contributed by atoms with Crippen LogP contribution in [0.25, 0.3) is 0 Å². The summed E-state index contributed by atoms with van der Waals surface area (Å²) in [4.78, 5) is 24.9. The summed E-state index contributed by atoms with van der Waals surface area (Å²) in [5.74, 6) is 0.976. The van der Waals surface area contributed by atoms with Crippen LogP contribution in [0.3, 0.4) is 0 Å². The van der Waals surface area contributed by atoms with Crippen molar-refractivity contribution in [3.63, 3.8) is 0 Å². The van der Waals surface area contributed by atoms with Crippen molar-refractivity contribution in [3.8, 4) is 0 Å². The van der Waals surface area contributed by atoms with Gasteiger partial charge in [0.25, 0.3) is 0 Å².